The second-order valence-electron chi connectivity index (χ2n) is 4.75. The summed E-state index contributed by atoms with van der Waals surface area (Å²) in [5.74, 6) is -0.148. The van der Waals surface area contributed by atoms with E-state index in [1.54, 1.807) is 55.5 Å². The summed E-state index contributed by atoms with van der Waals surface area (Å²) in [6.07, 6.45) is 0. The number of rotatable bonds is 1. The van der Waals surface area contributed by atoms with E-state index in [0.29, 0.717) is 22.3 Å². The van der Waals surface area contributed by atoms with Gasteiger partial charge in [0, 0.05) is 34.1 Å². The third-order valence-corrected chi connectivity index (χ3v) is 3.76. The average molecular weight is 253 g/mol. The first-order valence-electron chi connectivity index (χ1n) is 5.95. The quantitative estimate of drug-likeness (QED) is 0.580. The lowest BCUT2D eigenvalue weighted by Gasteiger charge is -2.29. The van der Waals surface area contributed by atoms with Crippen LogP contribution >= 0.6 is 0 Å². The van der Waals surface area contributed by atoms with Gasteiger partial charge in [0.15, 0.2) is 5.78 Å². The molecule has 2 aromatic carbocycles. The zero-order valence-corrected chi connectivity index (χ0v) is 10.3. The van der Waals surface area contributed by atoms with E-state index in [-0.39, 0.29) is 10.7 Å². The highest BCUT2D eigenvalue weighted by molar-refractivity contribution is 6.12. The van der Waals surface area contributed by atoms with Crippen LogP contribution in [0.3, 0.4) is 0 Å². The van der Waals surface area contributed by atoms with Crippen molar-refractivity contribution in [3.8, 4) is 0 Å². The molecule has 0 unspecified atom stereocenters. The molecule has 1 aliphatic carbocycles. The summed E-state index contributed by atoms with van der Waals surface area (Å²) in [5.41, 5.74) is 0.384. The summed E-state index contributed by atoms with van der Waals surface area (Å²) in [7, 11) is 0. The van der Waals surface area contributed by atoms with Gasteiger partial charge < -0.3 is 0 Å². The number of benzene rings is 2. The fourth-order valence-electron chi connectivity index (χ4n) is 2.70. The van der Waals surface area contributed by atoms with Crippen LogP contribution in [0.1, 0.15) is 34.0 Å². The van der Waals surface area contributed by atoms with Crippen LogP contribution in [0.4, 0.5) is 0 Å². The molecule has 0 fully saturated rings. The molecule has 94 valence electrons. The number of nitrogens with zero attached hydrogens (tertiary/aromatic N) is 1. The van der Waals surface area contributed by atoms with Gasteiger partial charge in [-0.3, -0.25) is 14.9 Å². The maximum Gasteiger partial charge on any atom is 0.270 e. The summed E-state index contributed by atoms with van der Waals surface area (Å²) < 4.78 is 0. The summed E-state index contributed by atoms with van der Waals surface area (Å²) in [5, 5.41) is 11.6. The Morgan fingerprint density at radius 3 is 1.79 bits per heavy atom. The lowest BCUT2D eigenvalue weighted by molar-refractivity contribution is -0.561. The fraction of sp³-hybridized carbons (Fsp3) is 0.133. The van der Waals surface area contributed by atoms with Gasteiger partial charge in [0.2, 0.25) is 0 Å². The minimum atomic E-state index is -1.37. The molecule has 0 aromatic heterocycles. The van der Waals surface area contributed by atoms with E-state index in [4.69, 9.17) is 0 Å². The van der Waals surface area contributed by atoms with E-state index in [1.807, 2.05) is 0 Å². The predicted octanol–water partition coefficient (Wildman–Crippen LogP) is 2.77. The highest BCUT2D eigenvalue weighted by Crippen LogP contribution is 2.41. The van der Waals surface area contributed by atoms with Crippen LogP contribution in [0, 0.1) is 10.1 Å². The zero-order valence-electron chi connectivity index (χ0n) is 10.3. The van der Waals surface area contributed by atoms with Gasteiger partial charge in [-0.2, -0.15) is 0 Å². The SMILES string of the molecule is CC1([N+](=O)[O-])c2ccccc2C(=O)c2ccccc21. The number of fused-ring (bicyclic) bond motifs is 2. The second kappa shape index (κ2) is 3.75. The Kier molecular flexibility index (Phi) is 2.29. The van der Waals surface area contributed by atoms with Crippen molar-refractivity contribution >= 4 is 5.78 Å². The van der Waals surface area contributed by atoms with E-state index >= 15 is 0 Å². The van der Waals surface area contributed by atoms with Gasteiger partial charge in [0.25, 0.3) is 5.54 Å². The van der Waals surface area contributed by atoms with Gasteiger partial charge >= 0.3 is 0 Å². The van der Waals surface area contributed by atoms with Crippen LogP contribution in [0.15, 0.2) is 48.5 Å². The molecule has 2 aromatic rings. The predicted molar refractivity (Wildman–Crippen MR) is 69.8 cm³/mol. The van der Waals surface area contributed by atoms with Gasteiger partial charge in [-0.1, -0.05) is 48.5 Å². The molecule has 0 atom stereocenters. The molecule has 19 heavy (non-hydrogen) atoms. The Balaban J connectivity index is 2.43. The first-order valence-corrected chi connectivity index (χ1v) is 5.95. The molecule has 0 radical (unpaired) electrons. The van der Waals surface area contributed by atoms with Gasteiger partial charge in [-0.25, -0.2) is 0 Å². The second-order valence-corrected chi connectivity index (χ2v) is 4.75. The van der Waals surface area contributed by atoms with Gasteiger partial charge in [-0.15, -0.1) is 0 Å². The largest absolute Gasteiger partial charge is 0.289 e. The van der Waals surface area contributed by atoms with Crippen molar-refractivity contribution in [2.45, 2.75) is 12.5 Å². The molecule has 3 rings (SSSR count). The Labute approximate surface area is 109 Å². The monoisotopic (exact) mass is 253 g/mol. The number of carbonyl (C=O) groups excluding carboxylic acids is 1. The minimum Gasteiger partial charge on any atom is -0.289 e. The number of nitro groups is 1. The molecule has 0 aliphatic heterocycles. The molecule has 0 N–H and O–H groups in total. The normalized spacial score (nSPS) is 15.5. The van der Waals surface area contributed by atoms with Crippen LogP contribution in [0.2, 0.25) is 0 Å². The number of carbonyl (C=O) groups is 1. The third-order valence-electron chi connectivity index (χ3n) is 3.76. The van der Waals surface area contributed by atoms with Crippen LogP contribution in [-0.4, -0.2) is 10.7 Å². The molecular formula is C15H11NO3. The highest BCUT2D eigenvalue weighted by Gasteiger charge is 2.49. The van der Waals surface area contributed by atoms with E-state index in [9.17, 15) is 14.9 Å². The Hall–Kier alpha value is -2.49. The van der Waals surface area contributed by atoms with E-state index in [0.717, 1.165) is 0 Å². The number of hydrogen-bond acceptors (Lipinski definition) is 3. The summed E-state index contributed by atoms with van der Waals surface area (Å²) in [6, 6.07) is 13.5. The van der Waals surface area contributed by atoms with Crippen molar-refractivity contribution in [2.75, 3.05) is 0 Å². The molecule has 4 heteroatoms. The van der Waals surface area contributed by atoms with E-state index in [2.05, 4.69) is 0 Å². The van der Waals surface area contributed by atoms with Crippen LogP contribution < -0.4 is 0 Å². The number of ketones is 1. The summed E-state index contributed by atoms with van der Waals surface area (Å²) >= 11 is 0. The molecule has 0 amide bonds. The molecule has 0 saturated carbocycles. The number of hydrogen-bond donors (Lipinski definition) is 0. The minimum absolute atomic E-state index is 0.148. The summed E-state index contributed by atoms with van der Waals surface area (Å²) in [6.45, 7) is 1.55. The van der Waals surface area contributed by atoms with Crippen molar-refractivity contribution in [3.05, 3.63) is 80.9 Å². The maximum atomic E-state index is 12.4. The van der Waals surface area contributed by atoms with Crippen molar-refractivity contribution < 1.29 is 9.72 Å². The van der Waals surface area contributed by atoms with Crippen LogP contribution in [0.5, 0.6) is 0 Å². The molecule has 0 bridgehead atoms. The topological polar surface area (TPSA) is 60.2 Å². The molecule has 1 aliphatic rings. The van der Waals surface area contributed by atoms with Gasteiger partial charge in [-0.05, 0) is 0 Å². The van der Waals surface area contributed by atoms with Crippen molar-refractivity contribution in [2.24, 2.45) is 0 Å². The lowest BCUT2D eigenvalue weighted by atomic mass is 9.73. The Morgan fingerprint density at radius 1 is 0.947 bits per heavy atom. The van der Waals surface area contributed by atoms with Crippen molar-refractivity contribution in [1.29, 1.82) is 0 Å². The highest BCUT2D eigenvalue weighted by atomic mass is 16.6. The van der Waals surface area contributed by atoms with Crippen LogP contribution in [0.25, 0.3) is 0 Å². The Morgan fingerprint density at radius 2 is 1.37 bits per heavy atom. The Bertz CT molecular complexity index is 657. The smallest absolute Gasteiger partial charge is 0.270 e. The lowest BCUT2D eigenvalue weighted by Crippen LogP contribution is -2.39. The zero-order chi connectivity index (χ0) is 13.6. The first-order chi connectivity index (χ1) is 9.06. The van der Waals surface area contributed by atoms with Crippen molar-refractivity contribution in [1.82, 2.24) is 0 Å². The van der Waals surface area contributed by atoms with Crippen LogP contribution in [-0.2, 0) is 5.54 Å². The standard InChI is InChI=1S/C15H11NO3/c1-15(16(18)19)12-8-4-2-6-10(12)14(17)11-7-3-5-9-13(11)15/h2-9H,1H3. The molecule has 0 saturated heterocycles. The molecule has 4 nitrogen and oxygen atoms in total. The molecular weight excluding hydrogens is 242 g/mol. The van der Waals surface area contributed by atoms with E-state index in [1.165, 1.54) is 0 Å². The fourth-order valence-corrected chi connectivity index (χ4v) is 2.70. The maximum absolute atomic E-state index is 12.4. The molecule has 0 heterocycles. The van der Waals surface area contributed by atoms with E-state index < -0.39 is 5.54 Å². The van der Waals surface area contributed by atoms with Gasteiger partial charge in [0.05, 0.1) is 0 Å². The first kappa shape index (κ1) is 11.6. The third kappa shape index (κ3) is 1.37. The molecule has 0 spiro atoms. The van der Waals surface area contributed by atoms with Gasteiger partial charge in [0.1, 0.15) is 0 Å². The summed E-state index contributed by atoms with van der Waals surface area (Å²) in [4.78, 5) is 23.7. The van der Waals surface area contributed by atoms with Crippen molar-refractivity contribution in [3.63, 3.8) is 0 Å². The average Bonchev–Trinajstić information content (AvgIpc) is 2.44.